The molecule has 3 nitrogen and oxygen atoms in total. The van der Waals surface area contributed by atoms with Crippen LogP contribution >= 0.6 is 0 Å². The van der Waals surface area contributed by atoms with Gasteiger partial charge in [0.05, 0.1) is 18.9 Å². The summed E-state index contributed by atoms with van der Waals surface area (Å²) in [7, 11) is 1.82. The number of allylic oxidation sites excluding steroid dienone is 6. The predicted molar refractivity (Wildman–Crippen MR) is 98.0 cm³/mol. The van der Waals surface area contributed by atoms with Crippen LogP contribution in [0, 0.1) is 0 Å². The zero-order valence-electron chi connectivity index (χ0n) is 14.9. The highest BCUT2D eigenvalue weighted by atomic mass is 19.1. The summed E-state index contributed by atoms with van der Waals surface area (Å²) >= 11 is 0. The summed E-state index contributed by atoms with van der Waals surface area (Å²) in [6, 6.07) is -0.0326. The Bertz CT molecular complexity index is 429. The lowest BCUT2D eigenvalue weighted by Crippen LogP contribution is -2.35. The molecule has 1 aliphatic carbocycles. The van der Waals surface area contributed by atoms with Crippen molar-refractivity contribution in [1.29, 1.82) is 0 Å². The first-order chi connectivity index (χ1) is 11.1. The third-order valence-electron chi connectivity index (χ3n) is 3.16. The van der Waals surface area contributed by atoms with Crippen molar-refractivity contribution < 1.29 is 9.13 Å². The molecule has 0 aromatic carbocycles. The normalized spacial score (nSPS) is 20.4. The Morgan fingerprint density at radius 1 is 1.26 bits per heavy atom. The van der Waals surface area contributed by atoms with E-state index in [4.69, 9.17) is 4.74 Å². The molecule has 23 heavy (non-hydrogen) atoms. The maximum atomic E-state index is 14.0. The first-order valence-corrected chi connectivity index (χ1v) is 8.05. The molecule has 1 saturated heterocycles. The molecule has 0 saturated carbocycles. The third kappa shape index (κ3) is 9.16. The van der Waals surface area contributed by atoms with Gasteiger partial charge >= 0.3 is 0 Å². The summed E-state index contributed by atoms with van der Waals surface area (Å²) in [4.78, 5) is 2.03. The minimum Gasteiger partial charge on any atom is -0.378 e. The largest absolute Gasteiger partial charge is 0.378 e. The van der Waals surface area contributed by atoms with Crippen molar-refractivity contribution in [3.05, 3.63) is 60.6 Å². The van der Waals surface area contributed by atoms with Crippen molar-refractivity contribution in [3.63, 3.8) is 0 Å². The minimum atomic E-state index is -0.161. The van der Waals surface area contributed by atoms with Gasteiger partial charge in [-0.25, -0.2) is 4.39 Å². The third-order valence-corrected chi connectivity index (χ3v) is 3.16. The molecular weight excluding hydrogens is 291 g/mol. The summed E-state index contributed by atoms with van der Waals surface area (Å²) in [5.74, 6) is -0.161. The average Bonchev–Trinajstić information content (AvgIpc) is 2.78. The monoisotopic (exact) mass is 322 g/mol. The lowest BCUT2D eigenvalue weighted by Gasteiger charge is -2.30. The van der Waals surface area contributed by atoms with Crippen LogP contribution in [0.3, 0.4) is 0 Å². The van der Waals surface area contributed by atoms with Gasteiger partial charge in [-0.15, -0.1) is 6.58 Å². The van der Waals surface area contributed by atoms with Crippen LogP contribution in [-0.2, 0) is 4.74 Å². The summed E-state index contributed by atoms with van der Waals surface area (Å²) in [5, 5.41) is 3.02. The molecule has 0 radical (unpaired) electrons. The number of ether oxygens (including phenoxy) is 1. The summed E-state index contributed by atoms with van der Waals surface area (Å²) < 4.78 is 19.2. The van der Waals surface area contributed by atoms with Crippen molar-refractivity contribution in [2.45, 2.75) is 26.8 Å². The highest BCUT2D eigenvalue weighted by Gasteiger charge is 2.18. The first kappa shape index (κ1) is 21.4. The second-order valence-corrected chi connectivity index (χ2v) is 4.94. The molecule has 1 unspecified atom stereocenters. The number of hydrogen-bond donors (Lipinski definition) is 1. The van der Waals surface area contributed by atoms with Gasteiger partial charge in [0.2, 0.25) is 0 Å². The Morgan fingerprint density at radius 3 is 2.30 bits per heavy atom. The SMILES string of the molecule is C/C=C\C.C=CC.CNC1C=CC=C(N2CCOCC2)C(F)=C1. The Morgan fingerprint density at radius 2 is 1.83 bits per heavy atom. The fourth-order valence-electron chi connectivity index (χ4n) is 1.88. The Hall–Kier alpha value is -1.65. The second-order valence-electron chi connectivity index (χ2n) is 4.94. The van der Waals surface area contributed by atoms with Crippen LogP contribution in [0.1, 0.15) is 20.8 Å². The van der Waals surface area contributed by atoms with Crippen molar-refractivity contribution in [2.24, 2.45) is 0 Å². The van der Waals surface area contributed by atoms with Gasteiger partial charge < -0.3 is 15.0 Å². The number of likely N-dealkylation sites (N-methyl/N-ethyl adjacent to an activating group) is 1. The molecule has 0 aromatic rings. The average molecular weight is 322 g/mol. The van der Waals surface area contributed by atoms with Gasteiger partial charge in [-0.1, -0.05) is 30.4 Å². The lowest BCUT2D eigenvalue weighted by molar-refractivity contribution is 0.0535. The van der Waals surface area contributed by atoms with Crippen LogP contribution in [0.4, 0.5) is 4.39 Å². The van der Waals surface area contributed by atoms with E-state index in [1.807, 2.05) is 63.1 Å². The van der Waals surface area contributed by atoms with Crippen molar-refractivity contribution in [2.75, 3.05) is 33.4 Å². The van der Waals surface area contributed by atoms with Gasteiger partial charge in [0.25, 0.3) is 0 Å². The predicted octanol–water partition coefficient (Wildman–Crippen LogP) is 3.99. The molecule has 0 bridgehead atoms. The highest BCUT2D eigenvalue weighted by molar-refractivity contribution is 5.34. The Kier molecular flexibility index (Phi) is 13.0. The van der Waals surface area contributed by atoms with Gasteiger partial charge in [-0.05, 0) is 40.0 Å². The number of rotatable bonds is 2. The molecule has 2 aliphatic rings. The van der Waals surface area contributed by atoms with E-state index in [2.05, 4.69) is 11.9 Å². The molecule has 0 aromatic heterocycles. The molecule has 2 rings (SSSR count). The van der Waals surface area contributed by atoms with Crippen LogP contribution in [0.5, 0.6) is 0 Å². The topological polar surface area (TPSA) is 24.5 Å². The van der Waals surface area contributed by atoms with Crippen molar-refractivity contribution in [1.82, 2.24) is 10.2 Å². The summed E-state index contributed by atoms with van der Waals surface area (Å²) in [6.07, 6.45) is 13.0. The van der Waals surface area contributed by atoms with Gasteiger partial charge in [-0.2, -0.15) is 0 Å². The van der Waals surface area contributed by atoms with Crippen LogP contribution in [0.2, 0.25) is 0 Å². The Labute approximate surface area is 140 Å². The minimum absolute atomic E-state index is 0.0326. The molecule has 1 fully saturated rings. The van der Waals surface area contributed by atoms with Gasteiger partial charge in [0, 0.05) is 19.1 Å². The number of hydrogen-bond acceptors (Lipinski definition) is 3. The zero-order valence-corrected chi connectivity index (χ0v) is 14.9. The molecule has 4 heteroatoms. The fraction of sp³-hybridized carbons (Fsp3) is 0.474. The molecule has 1 heterocycles. The van der Waals surface area contributed by atoms with Crippen molar-refractivity contribution >= 4 is 0 Å². The van der Waals surface area contributed by atoms with E-state index in [0.717, 1.165) is 13.1 Å². The van der Waals surface area contributed by atoms with E-state index >= 15 is 0 Å². The molecule has 1 N–H and O–H groups in total. The number of morpholine rings is 1. The summed E-state index contributed by atoms with van der Waals surface area (Å²) in [6.45, 7) is 12.1. The first-order valence-electron chi connectivity index (χ1n) is 8.05. The van der Waals surface area contributed by atoms with E-state index in [1.165, 1.54) is 0 Å². The van der Waals surface area contributed by atoms with Crippen LogP contribution in [0.25, 0.3) is 0 Å². The van der Waals surface area contributed by atoms with Crippen molar-refractivity contribution in [3.8, 4) is 0 Å². The molecular formula is C19H31FN2O. The van der Waals surface area contributed by atoms with E-state index in [9.17, 15) is 4.39 Å². The second kappa shape index (κ2) is 14.0. The zero-order chi connectivity index (χ0) is 17.5. The van der Waals surface area contributed by atoms with Gasteiger partial charge in [0.15, 0.2) is 0 Å². The standard InChI is InChI=1S/C12H17FN2O.C4H8.C3H6/c1-14-10-3-2-4-12(11(13)9-10)15-5-7-16-8-6-15;1-3-4-2;1-3-2/h2-4,9-10,14H,5-8H2,1H3;3-4H,1-2H3;3H,1H2,2H3/b;4-3-;. The highest BCUT2D eigenvalue weighted by Crippen LogP contribution is 2.21. The molecule has 130 valence electrons. The molecule has 1 atom stereocenters. The number of nitrogens with zero attached hydrogens (tertiary/aromatic N) is 1. The molecule has 0 amide bonds. The number of nitrogens with one attached hydrogen (secondary N) is 1. The van der Waals surface area contributed by atoms with Crippen LogP contribution < -0.4 is 5.32 Å². The maximum Gasteiger partial charge on any atom is 0.144 e. The Balaban J connectivity index is 0.000000591. The molecule has 0 spiro atoms. The smallest absolute Gasteiger partial charge is 0.144 e. The van der Waals surface area contributed by atoms with E-state index in [-0.39, 0.29) is 11.9 Å². The molecule has 1 aliphatic heterocycles. The van der Waals surface area contributed by atoms with E-state index < -0.39 is 0 Å². The van der Waals surface area contributed by atoms with E-state index in [1.54, 1.807) is 12.2 Å². The lowest BCUT2D eigenvalue weighted by atomic mass is 10.2. The number of halogens is 1. The quantitative estimate of drug-likeness (QED) is 0.778. The summed E-state index contributed by atoms with van der Waals surface area (Å²) in [5.41, 5.74) is 0.664. The van der Waals surface area contributed by atoms with Crippen LogP contribution in [0.15, 0.2) is 60.6 Å². The fourth-order valence-corrected chi connectivity index (χ4v) is 1.88. The maximum absolute atomic E-state index is 14.0. The van der Waals surface area contributed by atoms with Gasteiger partial charge in [0.1, 0.15) is 5.83 Å². The van der Waals surface area contributed by atoms with E-state index in [0.29, 0.717) is 18.9 Å². The van der Waals surface area contributed by atoms with Crippen LogP contribution in [-0.4, -0.2) is 44.3 Å². The van der Waals surface area contributed by atoms with Gasteiger partial charge in [-0.3, -0.25) is 0 Å².